The van der Waals surface area contributed by atoms with Gasteiger partial charge in [0.05, 0.1) is 4.92 Å². The summed E-state index contributed by atoms with van der Waals surface area (Å²) in [5.74, 6) is 0. The van der Waals surface area contributed by atoms with Crippen molar-refractivity contribution < 1.29 is 4.92 Å². The first-order chi connectivity index (χ1) is 9.24. The molecule has 6 heteroatoms. The summed E-state index contributed by atoms with van der Waals surface area (Å²) >= 11 is 3.03. The molecule has 2 heterocycles. The Bertz CT molecular complexity index is 591. The van der Waals surface area contributed by atoms with Crippen molar-refractivity contribution in [2.45, 2.75) is 31.8 Å². The number of hydrogen-bond donors (Lipinski definition) is 1. The molecule has 3 rings (SSSR count). The fraction of sp³-hybridized carbons (Fsp3) is 0.385. The van der Waals surface area contributed by atoms with Crippen LogP contribution in [0.2, 0.25) is 0 Å². The average molecular weight is 294 g/mol. The highest BCUT2D eigenvalue weighted by atomic mass is 32.1. The molecule has 0 bridgehead atoms. The molecule has 0 saturated carbocycles. The van der Waals surface area contributed by atoms with E-state index in [0.29, 0.717) is 12.6 Å². The van der Waals surface area contributed by atoms with E-state index in [1.54, 1.807) is 6.07 Å². The maximum absolute atomic E-state index is 10.6. The van der Waals surface area contributed by atoms with Crippen LogP contribution in [0.4, 0.5) is 5.00 Å². The Kier molecular flexibility index (Phi) is 3.63. The quantitative estimate of drug-likeness (QED) is 0.687. The molecule has 4 nitrogen and oxygen atoms in total. The van der Waals surface area contributed by atoms with Gasteiger partial charge < -0.3 is 5.32 Å². The van der Waals surface area contributed by atoms with Gasteiger partial charge >= 0.3 is 5.00 Å². The van der Waals surface area contributed by atoms with E-state index in [1.165, 1.54) is 34.6 Å². The number of aryl methyl sites for hydroxylation is 1. The van der Waals surface area contributed by atoms with Crippen LogP contribution in [0.1, 0.15) is 34.9 Å². The highest BCUT2D eigenvalue weighted by Gasteiger charge is 2.21. The van der Waals surface area contributed by atoms with Gasteiger partial charge in [-0.2, -0.15) is 0 Å². The van der Waals surface area contributed by atoms with Crippen LogP contribution >= 0.6 is 22.7 Å². The normalized spacial score (nSPS) is 18.2. The van der Waals surface area contributed by atoms with E-state index < -0.39 is 0 Å². The molecular weight excluding hydrogens is 280 g/mol. The van der Waals surface area contributed by atoms with Gasteiger partial charge in [0.2, 0.25) is 0 Å². The summed E-state index contributed by atoms with van der Waals surface area (Å²) < 4.78 is 0. The van der Waals surface area contributed by atoms with Crippen LogP contribution in [0.3, 0.4) is 0 Å². The summed E-state index contributed by atoms with van der Waals surface area (Å²) in [5, 5.41) is 18.4. The van der Waals surface area contributed by atoms with E-state index in [9.17, 15) is 10.1 Å². The zero-order valence-corrected chi connectivity index (χ0v) is 11.9. The molecule has 1 N–H and O–H groups in total. The monoisotopic (exact) mass is 294 g/mol. The molecule has 2 aromatic rings. The Morgan fingerprint density at radius 3 is 3.16 bits per heavy atom. The Hall–Kier alpha value is -1.24. The van der Waals surface area contributed by atoms with Gasteiger partial charge in [0, 0.05) is 28.9 Å². The summed E-state index contributed by atoms with van der Waals surface area (Å²) in [6.45, 7) is 0.699. The van der Waals surface area contributed by atoms with Gasteiger partial charge in [0.15, 0.2) is 0 Å². The molecule has 100 valence electrons. The van der Waals surface area contributed by atoms with E-state index in [0.717, 1.165) is 12.0 Å². The van der Waals surface area contributed by atoms with E-state index in [2.05, 4.69) is 16.8 Å². The van der Waals surface area contributed by atoms with Crippen molar-refractivity contribution in [3.8, 4) is 0 Å². The fourth-order valence-electron chi connectivity index (χ4n) is 2.49. The number of rotatable bonds is 4. The van der Waals surface area contributed by atoms with Gasteiger partial charge in [-0.3, -0.25) is 10.1 Å². The van der Waals surface area contributed by atoms with E-state index >= 15 is 0 Å². The Balaban J connectivity index is 1.65. The van der Waals surface area contributed by atoms with E-state index in [1.807, 2.05) is 16.7 Å². The van der Waals surface area contributed by atoms with Gasteiger partial charge in [-0.25, -0.2) is 0 Å². The maximum Gasteiger partial charge on any atom is 0.324 e. The molecule has 19 heavy (non-hydrogen) atoms. The molecule has 0 fully saturated rings. The summed E-state index contributed by atoms with van der Waals surface area (Å²) in [4.78, 5) is 11.8. The maximum atomic E-state index is 10.6. The summed E-state index contributed by atoms with van der Waals surface area (Å²) in [5.41, 5.74) is 2.42. The van der Waals surface area contributed by atoms with Gasteiger partial charge in [0.25, 0.3) is 0 Å². The highest BCUT2D eigenvalue weighted by Crippen LogP contribution is 2.33. The van der Waals surface area contributed by atoms with Gasteiger partial charge in [-0.05, 0) is 41.8 Å². The molecule has 1 aliphatic rings. The van der Waals surface area contributed by atoms with Gasteiger partial charge in [-0.15, -0.1) is 11.3 Å². The van der Waals surface area contributed by atoms with Crippen molar-refractivity contribution in [1.82, 2.24) is 5.32 Å². The molecule has 0 aromatic carbocycles. The van der Waals surface area contributed by atoms with Crippen molar-refractivity contribution in [2.75, 3.05) is 0 Å². The van der Waals surface area contributed by atoms with Crippen LogP contribution in [0.15, 0.2) is 22.9 Å². The first-order valence-corrected chi connectivity index (χ1v) is 8.01. The van der Waals surface area contributed by atoms with Crippen LogP contribution in [0, 0.1) is 10.1 Å². The lowest BCUT2D eigenvalue weighted by Crippen LogP contribution is -2.23. The molecular formula is C13H14N2O2S2. The van der Waals surface area contributed by atoms with Crippen LogP contribution < -0.4 is 5.32 Å². The van der Waals surface area contributed by atoms with Crippen molar-refractivity contribution in [2.24, 2.45) is 0 Å². The smallest absolute Gasteiger partial charge is 0.306 e. The third-order valence-electron chi connectivity index (χ3n) is 3.42. The van der Waals surface area contributed by atoms with E-state index in [4.69, 9.17) is 0 Å². The Morgan fingerprint density at radius 2 is 2.37 bits per heavy atom. The van der Waals surface area contributed by atoms with Crippen molar-refractivity contribution in [3.63, 3.8) is 0 Å². The predicted octanol–water partition coefficient (Wildman–Crippen LogP) is 3.89. The first-order valence-electron chi connectivity index (χ1n) is 6.25. The molecule has 1 atom stereocenters. The second-order valence-electron chi connectivity index (χ2n) is 4.68. The van der Waals surface area contributed by atoms with Crippen molar-refractivity contribution >= 4 is 27.7 Å². The standard InChI is InChI=1S/C13H14N2O2S2/c16-15(17)13-6-9(8-19-13)7-14-11-2-1-3-12-10(11)4-5-18-12/h4-6,8,11,14H,1-3,7H2. The zero-order valence-electron chi connectivity index (χ0n) is 10.3. The Morgan fingerprint density at radius 1 is 1.47 bits per heavy atom. The number of nitrogens with zero attached hydrogens (tertiary/aromatic N) is 1. The lowest BCUT2D eigenvalue weighted by molar-refractivity contribution is -0.380. The largest absolute Gasteiger partial charge is 0.324 e. The lowest BCUT2D eigenvalue weighted by atomic mass is 9.94. The lowest BCUT2D eigenvalue weighted by Gasteiger charge is -2.23. The average Bonchev–Trinajstić information content (AvgIpc) is 3.05. The van der Waals surface area contributed by atoms with Crippen LogP contribution in [0.25, 0.3) is 0 Å². The zero-order chi connectivity index (χ0) is 13.2. The second kappa shape index (κ2) is 5.40. The molecule has 0 radical (unpaired) electrons. The SMILES string of the molecule is O=[N+]([O-])c1cc(CNC2CCCc3sccc32)cs1. The van der Waals surface area contributed by atoms with Crippen LogP contribution in [0.5, 0.6) is 0 Å². The molecule has 1 unspecified atom stereocenters. The topological polar surface area (TPSA) is 55.2 Å². The van der Waals surface area contributed by atoms with Crippen LogP contribution in [-0.4, -0.2) is 4.92 Å². The Labute approximate surface area is 119 Å². The minimum absolute atomic E-state index is 0.219. The fourth-order valence-corrected chi connectivity index (χ4v) is 4.21. The first kappa shape index (κ1) is 12.8. The predicted molar refractivity (Wildman–Crippen MR) is 77.8 cm³/mol. The summed E-state index contributed by atoms with van der Waals surface area (Å²) in [7, 11) is 0. The van der Waals surface area contributed by atoms with Gasteiger partial charge in [-0.1, -0.05) is 11.3 Å². The number of thiophene rings is 2. The minimum Gasteiger partial charge on any atom is -0.306 e. The van der Waals surface area contributed by atoms with Crippen molar-refractivity contribution in [3.05, 3.63) is 49.0 Å². The molecule has 0 aliphatic heterocycles. The molecule has 0 amide bonds. The second-order valence-corrected chi connectivity index (χ2v) is 6.57. The van der Waals surface area contributed by atoms with Crippen molar-refractivity contribution in [1.29, 1.82) is 0 Å². The number of fused-ring (bicyclic) bond motifs is 1. The summed E-state index contributed by atoms with van der Waals surface area (Å²) in [6.07, 6.45) is 3.56. The van der Waals surface area contributed by atoms with E-state index in [-0.39, 0.29) is 9.92 Å². The minimum atomic E-state index is -0.328. The molecule has 2 aromatic heterocycles. The molecule has 0 spiro atoms. The number of hydrogen-bond acceptors (Lipinski definition) is 5. The molecule has 0 saturated heterocycles. The number of nitrogens with one attached hydrogen (secondary N) is 1. The third kappa shape index (κ3) is 2.70. The highest BCUT2D eigenvalue weighted by molar-refractivity contribution is 7.13. The molecule has 1 aliphatic carbocycles. The van der Waals surface area contributed by atoms with Crippen LogP contribution in [-0.2, 0) is 13.0 Å². The number of nitro groups is 1. The van der Waals surface area contributed by atoms with Gasteiger partial charge in [0.1, 0.15) is 0 Å². The third-order valence-corrected chi connectivity index (χ3v) is 5.35. The summed E-state index contributed by atoms with van der Waals surface area (Å²) in [6, 6.07) is 4.26.